The Bertz CT molecular complexity index is 343. The summed E-state index contributed by atoms with van der Waals surface area (Å²) >= 11 is 0. The van der Waals surface area contributed by atoms with Gasteiger partial charge in [-0.05, 0) is 40.5 Å². The normalized spacial score (nSPS) is 13.1. The summed E-state index contributed by atoms with van der Waals surface area (Å²) in [6.07, 6.45) is 6.19. The number of nitrogens with zero attached hydrogens (tertiary/aromatic N) is 2. The Morgan fingerprint density at radius 1 is 1.18 bits per heavy atom. The molecule has 0 unspecified atom stereocenters. The monoisotopic (exact) mass is 237 g/mol. The molecule has 0 saturated carbocycles. The number of imidazole rings is 1. The van der Waals surface area contributed by atoms with Gasteiger partial charge in [0.15, 0.2) is 0 Å². The Morgan fingerprint density at radius 3 is 2.24 bits per heavy atom. The van der Waals surface area contributed by atoms with Crippen LogP contribution in [0.25, 0.3) is 0 Å². The smallest absolute Gasteiger partial charge is 0.0953 e. The van der Waals surface area contributed by atoms with Gasteiger partial charge in [0.2, 0.25) is 0 Å². The quantitative estimate of drug-likeness (QED) is 0.851. The average Bonchev–Trinajstić information content (AvgIpc) is 2.73. The number of nitrogens with one attached hydrogen (secondary N) is 1. The SMILES string of the molecule is CCC(C)(CC)n1cncc1CNC(C)(C)C. The van der Waals surface area contributed by atoms with Gasteiger partial charge in [0.25, 0.3) is 0 Å². The van der Waals surface area contributed by atoms with Crippen molar-refractivity contribution < 1.29 is 0 Å². The average molecular weight is 237 g/mol. The summed E-state index contributed by atoms with van der Waals surface area (Å²) in [5.74, 6) is 0. The number of aromatic nitrogens is 2. The molecule has 0 radical (unpaired) electrons. The molecule has 0 spiro atoms. The molecule has 1 heterocycles. The van der Waals surface area contributed by atoms with Crippen LogP contribution in [0.1, 0.15) is 60.1 Å². The van der Waals surface area contributed by atoms with E-state index in [1.807, 2.05) is 12.5 Å². The fourth-order valence-corrected chi connectivity index (χ4v) is 1.89. The van der Waals surface area contributed by atoms with Crippen molar-refractivity contribution in [1.29, 1.82) is 0 Å². The largest absolute Gasteiger partial charge is 0.328 e. The third kappa shape index (κ3) is 3.56. The van der Waals surface area contributed by atoms with Crippen LogP contribution in [0, 0.1) is 0 Å². The lowest BCUT2D eigenvalue weighted by molar-refractivity contribution is 0.280. The maximum Gasteiger partial charge on any atom is 0.0953 e. The highest BCUT2D eigenvalue weighted by molar-refractivity contribution is 5.04. The molecule has 0 aliphatic heterocycles. The van der Waals surface area contributed by atoms with Crippen LogP contribution in [0.2, 0.25) is 0 Å². The van der Waals surface area contributed by atoms with Crippen LogP contribution < -0.4 is 5.32 Å². The Hall–Kier alpha value is -0.830. The van der Waals surface area contributed by atoms with Gasteiger partial charge in [-0.3, -0.25) is 0 Å². The van der Waals surface area contributed by atoms with E-state index in [2.05, 4.69) is 56.4 Å². The minimum atomic E-state index is 0.143. The Morgan fingerprint density at radius 2 is 1.76 bits per heavy atom. The molecule has 1 rings (SSSR count). The third-order valence-electron chi connectivity index (χ3n) is 3.62. The zero-order valence-electron chi connectivity index (χ0n) is 12.2. The lowest BCUT2D eigenvalue weighted by Crippen LogP contribution is -2.37. The molecular formula is C14H27N3. The highest BCUT2D eigenvalue weighted by Gasteiger charge is 2.24. The summed E-state index contributed by atoms with van der Waals surface area (Å²) < 4.78 is 2.33. The molecule has 0 amide bonds. The molecule has 17 heavy (non-hydrogen) atoms. The molecular weight excluding hydrogens is 210 g/mol. The molecule has 3 heteroatoms. The van der Waals surface area contributed by atoms with Crippen LogP contribution in [0.5, 0.6) is 0 Å². The van der Waals surface area contributed by atoms with E-state index in [0.717, 1.165) is 19.4 Å². The van der Waals surface area contributed by atoms with Gasteiger partial charge < -0.3 is 9.88 Å². The van der Waals surface area contributed by atoms with E-state index in [0.29, 0.717) is 0 Å². The summed E-state index contributed by atoms with van der Waals surface area (Å²) in [4.78, 5) is 4.31. The van der Waals surface area contributed by atoms with E-state index in [9.17, 15) is 0 Å². The van der Waals surface area contributed by atoms with Crippen LogP contribution in [-0.4, -0.2) is 15.1 Å². The van der Waals surface area contributed by atoms with Gasteiger partial charge in [0, 0.05) is 23.8 Å². The van der Waals surface area contributed by atoms with Crippen LogP contribution >= 0.6 is 0 Å². The summed E-state index contributed by atoms with van der Waals surface area (Å²) in [7, 11) is 0. The van der Waals surface area contributed by atoms with Crippen molar-refractivity contribution in [2.45, 2.75) is 72.0 Å². The molecule has 0 fully saturated rings. The minimum Gasteiger partial charge on any atom is -0.328 e. The lowest BCUT2D eigenvalue weighted by Gasteiger charge is -2.31. The standard InChI is InChI=1S/C14H27N3/c1-7-14(6,8-2)17-11-15-9-12(17)10-16-13(3,4)5/h9,11,16H,7-8,10H2,1-6H3. The van der Waals surface area contributed by atoms with Gasteiger partial charge in [-0.25, -0.2) is 4.98 Å². The van der Waals surface area contributed by atoms with E-state index < -0.39 is 0 Å². The van der Waals surface area contributed by atoms with Crippen LogP contribution in [0.4, 0.5) is 0 Å². The number of hydrogen-bond donors (Lipinski definition) is 1. The highest BCUT2D eigenvalue weighted by atomic mass is 15.1. The van der Waals surface area contributed by atoms with E-state index in [4.69, 9.17) is 0 Å². The van der Waals surface area contributed by atoms with E-state index in [1.165, 1.54) is 5.69 Å². The molecule has 0 atom stereocenters. The first-order valence-corrected chi connectivity index (χ1v) is 6.59. The van der Waals surface area contributed by atoms with Crippen molar-refractivity contribution in [3.63, 3.8) is 0 Å². The molecule has 0 bridgehead atoms. The summed E-state index contributed by atoms with van der Waals surface area (Å²) in [6, 6.07) is 0. The highest BCUT2D eigenvalue weighted by Crippen LogP contribution is 2.26. The topological polar surface area (TPSA) is 29.9 Å². The number of rotatable bonds is 5. The van der Waals surface area contributed by atoms with Crippen LogP contribution in [0.15, 0.2) is 12.5 Å². The van der Waals surface area contributed by atoms with Gasteiger partial charge in [-0.15, -0.1) is 0 Å². The van der Waals surface area contributed by atoms with Gasteiger partial charge >= 0.3 is 0 Å². The van der Waals surface area contributed by atoms with Crippen molar-refractivity contribution in [2.75, 3.05) is 0 Å². The maximum absolute atomic E-state index is 4.31. The molecule has 1 aromatic rings. The van der Waals surface area contributed by atoms with Gasteiger partial charge in [-0.2, -0.15) is 0 Å². The second-order valence-corrected chi connectivity index (χ2v) is 6.06. The van der Waals surface area contributed by atoms with Crippen molar-refractivity contribution in [2.24, 2.45) is 0 Å². The predicted molar refractivity (Wildman–Crippen MR) is 73.0 cm³/mol. The zero-order chi connectivity index (χ0) is 13.1. The lowest BCUT2D eigenvalue weighted by atomic mass is 9.95. The minimum absolute atomic E-state index is 0.143. The number of hydrogen-bond acceptors (Lipinski definition) is 2. The fraction of sp³-hybridized carbons (Fsp3) is 0.786. The van der Waals surface area contributed by atoms with Gasteiger partial charge in [0.05, 0.1) is 12.0 Å². The maximum atomic E-state index is 4.31. The molecule has 0 aromatic carbocycles. The third-order valence-corrected chi connectivity index (χ3v) is 3.62. The van der Waals surface area contributed by atoms with E-state index in [-0.39, 0.29) is 11.1 Å². The predicted octanol–water partition coefficient (Wildman–Crippen LogP) is 3.31. The molecule has 1 N–H and O–H groups in total. The molecule has 0 saturated heterocycles. The van der Waals surface area contributed by atoms with Crippen molar-refractivity contribution in [3.05, 3.63) is 18.2 Å². The van der Waals surface area contributed by atoms with Crippen LogP contribution in [0.3, 0.4) is 0 Å². The second kappa shape index (κ2) is 5.21. The summed E-state index contributed by atoms with van der Waals surface area (Å²) in [6.45, 7) is 14.2. The van der Waals surface area contributed by atoms with E-state index in [1.54, 1.807) is 0 Å². The Labute approximate surface area is 106 Å². The molecule has 98 valence electrons. The molecule has 3 nitrogen and oxygen atoms in total. The Kier molecular flexibility index (Phi) is 4.36. The summed E-state index contributed by atoms with van der Waals surface area (Å²) in [5.41, 5.74) is 1.60. The first-order valence-electron chi connectivity index (χ1n) is 6.59. The van der Waals surface area contributed by atoms with Gasteiger partial charge in [-0.1, -0.05) is 13.8 Å². The van der Waals surface area contributed by atoms with Crippen molar-refractivity contribution >= 4 is 0 Å². The first-order chi connectivity index (χ1) is 7.82. The first kappa shape index (κ1) is 14.2. The van der Waals surface area contributed by atoms with Crippen molar-refractivity contribution in [1.82, 2.24) is 14.9 Å². The fourth-order valence-electron chi connectivity index (χ4n) is 1.89. The molecule has 0 aliphatic rings. The van der Waals surface area contributed by atoms with Crippen molar-refractivity contribution in [3.8, 4) is 0 Å². The second-order valence-electron chi connectivity index (χ2n) is 6.06. The molecule has 0 aliphatic carbocycles. The summed E-state index contributed by atoms with van der Waals surface area (Å²) in [5, 5.41) is 3.52. The Balaban J connectivity index is 2.86. The molecule has 1 aromatic heterocycles. The van der Waals surface area contributed by atoms with Gasteiger partial charge in [0.1, 0.15) is 0 Å². The van der Waals surface area contributed by atoms with Crippen LogP contribution in [-0.2, 0) is 12.1 Å². The van der Waals surface area contributed by atoms with E-state index >= 15 is 0 Å². The zero-order valence-corrected chi connectivity index (χ0v) is 12.2.